The molecule has 30 heavy (non-hydrogen) atoms. The summed E-state index contributed by atoms with van der Waals surface area (Å²) in [6.45, 7) is 5.98. The summed E-state index contributed by atoms with van der Waals surface area (Å²) in [5.74, 6) is 2.01. The molecule has 1 saturated carbocycles. The summed E-state index contributed by atoms with van der Waals surface area (Å²) in [5.41, 5.74) is 1.21. The smallest absolute Gasteiger partial charge is 0.191 e. The highest BCUT2D eigenvalue weighted by atomic mass is 16.5. The van der Waals surface area contributed by atoms with Crippen LogP contribution in [0.5, 0.6) is 0 Å². The number of pyridine rings is 1. The van der Waals surface area contributed by atoms with Gasteiger partial charge in [0.05, 0.1) is 6.10 Å². The summed E-state index contributed by atoms with van der Waals surface area (Å²) in [6.07, 6.45) is 14.9. The average Bonchev–Trinajstić information content (AvgIpc) is 3.05. The van der Waals surface area contributed by atoms with E-state index < -0.39 is 0 Å². The Morgan fingerprint density at radius 1 is 1.10 bits per heavy atom. The first kappa shape index (κ1) is 22.9. The molecule has 0 radical (unpaired) electrons. The maximum atomic E-state index is 6.09. The Kier molecular flexibility index (Phi) is 9.74. The van der Waals surface area contributed by atoms with E-state index in [1.807, 2.05) is 13.2 Å². The second-order valence-corrected chi connectivity index (χ2v) is 8.79. The Hall–Kier alpha value is -1.82. The van der Waals surface area contributed by atoms with E-state index in [1.54, 1.807) is 0 Å². The third-order valence-electron chi connectivity index (χ3n) is 6.30. The van der Waals surface area contributed by atoms with Crippen molar-refractivity contribution < 1.29 is 4.74 Å². The molecule has 0 bridgehead atoms. The number of nitrogens with zero attached hydrogens (tertiary/aromatic N) is 3. The van der Waals surface area contributed by atoms with Crippen molar-refractivity contribution in [3.8, 4) is 0 Å². The van der Waals surface area contributed by atoms with Crippen molar-refractivity contribution >= 4 is 11.8 Å². The number of aryl methyl sites for hydroxylation is 1. The molecule has 2 N–H and O–H groups in total. The van der Waals surface area contributed by atoms with Gasteiger partial charge in [-0.3, -0.25) is 4.99 Å². The number of ether oxygens (including phenoxy) is 1. The van der Waals surface area contributed by atoms with E-state index in [0.29, 0.717) is 12.1 Å². The topological polar surface area (TPSA) is 61.8 Å². The van der Waals surface area contributed by atoms with Gasteiger partial charge in [-0.2, -0.15) is 0 Å². The number of rotatable bonds is 8. The van der Waals surface area contributed by atoms with Gasteiger partial charge in [0.1, 0.15) is 5.82 Å². The third-order valence-corrected chi connectivity index (χ3v) is 6.30. The maximum absolute atomic E-state index is 6.09. The minimum Gasteiger partial charge on any atom is -0.378 e. The molecule has 1 aromatic rings. The zero-order valence-corrected chi connectivity index (χ0v) is 19.0. The van der Waals surface area contributed by atoms with Gasteiger partial charge in [0, 0.05) is 45.5 Å². The highest BCUT2D eigenvalue weighted by Gasteiger charge is 2.20. The lowest BCUT2D eigenvalue weighted by Crippen LogP contribution is -2.49. The van der Waals surface area contributed by atoms with Gasteiger partial charge in [0.2, 0.25) is 0 Å². The highest BCUT2D eigenvalue weighted by molar-refractivity contribution is 5.79. The van der Waals surface area contributed by atoms with Crippen molar-refractivity contribution in [3.63, 3.8) is 0 Å². The Morgan fingerprint density at radius 2 is 1.87 bits per heavy atom. The molecule has 1 saturated heterocycles. The molecule has 3 rings (SSSR count). The fourth-order valence-corrected chi connectivity index (χ4v) is 4.38. The molecule has 2 aliphatic rings. The molecule has 1 aliphatic carbocycles. The number of hydrogen-bond donors (Lipinski definition) is 2. The first-order valence-electron chi connectivity index (χ1n) is 12.0. The molecule has 0 amide bonds. The predicted octanol–water partition coefficient (Wildman–Crippen LogP) is 4.04. The van der Waals surface area contributed by atoms with E-state index >= 15 is 0 Å². The van der Waals surface area contributed by atoms with Crippen molar-refractivity contribution in [1.82, 2.24) is 15.6 Å². The highest BCUT2D eigenvalue weighted by Crippen LogP contribution is 2.20. The second-order valence-electron chi connectivity index (χ2n) is 8.79. The molecule has 6 heteroatoms. The number of piperidine rings is 1. The van der Waals surface area contributed by atoms with E-state index in [1.165, 1.54) is 44.1 Å². The minimum atomic E-state index is 0.469. The van der Waals surface area contributed by atoms with Crippen molar-refractivity contribution in [2.24, 2.45) is 4.99 Å². The Bertz CT molecular complexity index is 617. The summed E-state index contributed by atoms with van der Waals surface area (Å²) in [7, 11) is 1.86. The molecule has 0 unspecified atom stereocenters. The maximum Gasteiger partial charge on any atom is 0.191 e. The van der Waals surface area contributed by atoms with Gasteiger partial charge in [-0.15, -0.1) is 0 Å². The summed E-state index contributed by atoms with van der Waals surface area (Å²) >= 11 is 0. The molecule has 2 heterocycles. The lowest BCUT2D eigenvalue weighted by atomic mass is 10.1. The Morgan fingerprint density at radius 3 is 2.53 bits per heavy atom. The van der Waals surface area contributed by atoms with Crippen LogP contribution in [0.1, 0.15) is 69.8 Å². The molecule has 168 valence electrons. The van der Waals surface area contributed by atoms with Gasteiger partial charge in [-0.25, -0.2) is 4.98 Å². The molecular formula is C24H41N5O. The van der Waals surface area contributed by atoms with Crippen LogP contribution in [-0.2, 0) is 4.74 Å². The average molecular weight is 416 g/mol. The first-order valence-corrected chi connectivity index (χ1v) is 12.0. The van der Waals surface area contributed by atoms with Crippen LogP contribution in [0, 0.1) is 6.92 Å². The fraction of sp³-hybridized carbons (Fsp3) is 0.750. The van der Waals surface area contributed by atoms with Crippen LogP contribution in [0.3, 0.4) is 0 Å². The molecule has 1 aromatic heterocycles. The zero-order valence-electron chi connectivity index (χ0n) is 19.0. The fourth-order valence-electron chi connectivity index (χ4n) is 4.38. The van der Waals surface area contributed by atoms with Crippen LogP contribution in [-0.4, -0.2) is 56.4 Å². The molecule has 0 spiro atoms. The monoisotopic (exact) mass is 415 g/mol. The standard InChI is InChI=1S/C24H41N5O/c1-20-11-12-23(27-19-20)29-16-13-21(14-17-29)28-24(25-2)26-15-7-8-18-30-22-9-5-3-4-6-10-22/h11-12,19,21-22H,3-10,13-18H2,1-2H3,(H2,25,26,28). The van der Waals surface area contributed by atoms with E-state index in [-0.39, 0.29) is 0 Å². The van der Waals surface area contributed by atoms with Crippen LogP contribution >= 0.6 is 0 Å². The molecule has 0 aromatic carbocycles. The number of guanidine groups is 1. The molecule has 0 atom stereocenters. The normalized spacial score (nSPS) is 19.5. The van der Waals surface area contributed by atoms with Gasteiger partial charge in [-0.1, -0.05) is 31.7 Å². The van der Waals surface area contributed by atoms with Crippen molar-refractivity contribution in [1.29, 1.82) is 0 Å². The van der Waals surface area contributed by atoms with Crippen LogP contribution in [0.15, 0.2) is 23.3 Å². The number of aliphatic imine (C=N–C) groups is 1. The van der Waals surface area contributed by atoms with Gasteiger partial charge in [-0.05, 0) is 57.1 Å². The van der Waals surface area contributed by atoms with E-state index in [0.717, 1.165) is 63.7 Å². The summed E-state index contributed by atoms with van der Waals surface area (Å²) < 4.78 is 6.09. The van der Waals surface area contributed by atoms with Crippen molar-refractivity contribution in [2.45, 2.75) is 83.3 Å². The summed E-state index contributed by atoms with van der Waals surface area (Å²) in [4.78, 5) is 11.3. The zero-order chi connectivity index (χ0) is 21.0. The van der Waals surface area contributed by atoms with Gasteiger partial charge < -0.3 is 20.3 Å². The van der Waals surface area contributed by atoms with Gasteiger partial charge >= 0.3 is 0 Å². The summed E-state index contributed by atoms with van der Waals surface area (Å²) in [5, 5.41) is 7.07. The number of hydrogen-bond acceptors (Lipinski definition) is 4. The van der Waals surface area contributed by atoms with E-state index in [9.17, 15) is 0 Å². The molecule has 2 fully saturated rings. The first-order chi connectivity index (χ1) is 14.7. The van der Waals surface area contributed by atoms with Crippen molar-refractivity contribution in [3.05, 3.63) is 23.9 Å². The number of unbranched alkanes of at least 4 members (excludes halogenated alkanes) is 1. The van der Waals surface area contributed by atoms with E-state index in [2.05, 4.69) is 44.6 Å². The number of anilines is 1. The third kappa shape index (κ3) is 7.78. The number of nitrogens with one attached hydrogen (secondary N) is 2. The molecule has 6 nitrogen and oxygen atoms in total. The Labute approximate surface area is 182 Å². The SMILES string of the molecule is CN=C(NCCCCOC1CCCCCC1)NC1CCN(c2ccc(C)cn2)CC1. The Balaban J connectivity index is 1.26. The van der Waals surface area contributed by atoms with Gasteiger partial charge in [0.15, 0.2) is 5.96 Å². The van der Waals surface area contributed by atoms with Crippen LogP contribution in [0.2, 0.25) is 0 Å². The predicted molar refractivity (Wildman–Crippen MR) is 125 cm³/mol. The number of aromatic nitrogens is 1. The van der Waals surface area contributed by atoms with Crippen LogP contribution < -0.4 is 15.5 Å². The lowest BCUT2D eigenvalue weighted by Gasteiger charge is -2.33. The summed E-state index contributed by atoms with van der Waals surface area (Å²) in [6, 6.07) is 4.74. The lowest BCUT2D eigenvalue weighted by molar-refractivity contribution is 0.0411. The second kappa shape index (κ2) is 12.8. The van der Waals surface area contributed by atoms with Crippen LogP contribution in [0.25, 0.3) is 0 Å². The minimum absolute atomic E-state index is 0.469. The van der Waals surface area contributed by atoms with Crippen molar-refractivity contribution in [2.75, 3.05) is 38.2 Å². The van der Waals surface area contributed by atoms with E-state index in [4.69, 9.17) is 4.74 Å². The molecular weight excluding hydrogens is 374 g/mol. The largest absolute Gasteiger partial charge is 0.378 e. The quantitative estimate of drug-likeness (QED) is 0.290. The molecule has 1 aliphatic heterocycles. The van der Waals surface area contributed by atoms with Gasteiger partial charge in [0.25, 0.3) is 0 Å². The van der Waals surface area contributed by atoms with Crippen LogP contribution in [0.4, 0.5) is 5.82 Å².